The third-order valence-electron chi connectivity index (χ3n) is 2.54. The van der Waals surface area contributed by atoms with E-state index in [-0.39, 0.29) is 0 Å². The van der Waals surface area contributed by atoms with E-state index in [4.69, 9.17) is 0 Å². The van der Waals surface area contributed by atoms with Crippen LogP contribution in [0.15, 0.2) is 11.4 Å². The first kappa shape index (κ1) is 12.1. The summed E-state index contributed by atoms with van der Waals surface area (Å²) in [6.07, 6.45) is 1.14. The molecule has 2 aromatic heterocycles. The molecule has 0 saturated heterocycles. The van der Waals surface area contributed by atoms with Crippen molar-refractivity contribution < 1.29 is 0 Å². The van der Waals surface area contributed by atoms with Crippen molar-refractivity contribution >= 4 is 33.3 Å². The summed E-state index contributed by atoms with van der Waals surface area (Å²) in [5.41, 5.74) is 1.00. The highest BCUT2D eigenvalue weighted by Crippen LogP contribution is 2.27. The van der Waals surface area contributed by atoms with Crippen LogP contribution in [0.3, 0.4) is 0 Å². The van der Waals surface area contributed by atoms with Crippen LogP contribution < -0.4 is 10.6 Å². The molecule has 0 aliphatic heterocycles. The minimum Gasteiger partial charge on any atom is -0.369 e. The van der Waals surface area contributed by atoms with Crippen molar-refractivity contribution in [3.05, 3.63) is 11.4 Å². The summed E-state index contributed by atoms with van der Waals surface area (Å²) < 4.78 is 1.13. The monoisotopic (exact) mass is 250 g/mol. The van der Waals surface area contributed by atoms with Crippen molar-refractivity contribution in [3.63, 3.8) is 0 Å². The number of hydrogen-bond acceptors (Lipinski definition) is 5. The fraction of sp³-hybridized carbons (Fsp3) is 0.500. The average Bonchev–Trinajstić information content (AvgIpc) is 2.76. The van der Waals surface area contributed by atoms with Crippen LogP contribution in [-0.2, 0) is 0 Å². The van der Waals surface area contributed by atoms with Gasteiger partial charge in [-0.15, -0.1) is 11.3 Å². The van der Waals surface area contributed by atoms with Gasteiger partial charge in [0.15, 0.2) is 0 Å². The molecule has 0 fully saturated rings. The molecule has 0 aromatic carbocycles. The van der Waals surface area contributed by atoms with Crippen LogP contribution in [-0.4, -0.2) is 23.6 Å². The van der Waals surface area contributed by atoms with Crippen LogP contribution in [0.5, 0.6) is 0 Å². The number of aromatic nitrogens is 2. The molecule has 2 aromatic rings. The van der Waals surface area contributed by atoms with E-state index in [1.54, 1.807) is 11.3 Å². The van der Waals surface area contributed by atoms with Crippen LogP contribution in [0.4, 0.5) is 11.8 Å². The summed E-state index contributed by atoms with van der Waals surface area (Å²) >= 11 is 1.68. The molecule has 0 aliphatic rings. The van der Waals surface area contributed by atoms with E-state index in [1.807, 2.05) is 18.5 Å². The Bertz CT molecular complexity index is 492. The highest BCUT2D eigenvalue weighted by Gasteiger charge is 2.07. The lowest BCUT2D eigenvalue weighted by atomic mass is 10.1. The van der Waals surface area contributed by atoms with E-state index >= 15 is 0 Å². The topological polar surface area (TPSA) is 49.8 Å². The number of rotatable bonds is 5. The van der Waals surface area contributed by atoms with Crippen LogP contribution >= 0.6 is 11.3 Å². The maximum atomic E-state index is 4.47. The SMILES string of the molecule is CNc1nc(NCCC(C)C)c2sccc2n1. The molecule has 2 rings (SSSR count). The number of thiophene rings is 1. The summed E-state index contributed by atoms with van der Waals surface area (Å²) in [6.45, 7) is 5.40. The van der Waals surface area contributed by atoms with Crippen LogP contribution in [0.2, 0.25) is 0 Å². The van der Waals surface area contributed by atoms with Gasteiger partial charge in [-0.1, -0.05) is 13.8 Å². The third kappa shape index (κ3) is 2.85. The highest BCUT2D eigenvalue weighted by molar-refractivity contribution is 7.17. The molecule has 2 heterocycles. The molecule has 0 atom stereocenters. The quantitative estimate of drug-likeness (QED) is 0.855. The smallest absolute Gasteiger partial charge is 0.225 e. The fourth-order valence-corrected chi connectivity index (χ4v) is 2.37. The molecule has 0 amide bonds. The van der Waals surface area contributed by atoms with Crippen molar-refractivity contribution in [1.29, 1.82) is 0 Å². The molecule has 4 nitrogen and oxygen atoms in total. The number of anilines is 2. The second-order valence-electron chi connectivity index (χ2n) is 4.39. The van der Waals surface area contributed by atoms with E-state index in [1.165, 1.54) is 0 Å². The standard InChI is InChI=1S/C12H18N4S/c1-8(2)4-6-14-11-10-9(5-7-17-10)15-12(13-3)16-11/h5,7-8H,4,6H2,1-3H3,(H2,13,14,15,16). The van der Waals surface area contributed by atoms with Crippen molar-refractivity contribution in [2.45, 2.75) is 20.3 Å². The lowest BCUT2D eigenvalue weighted by molar-refractivity contribution is 0.607. The van der Waals surface area contributed by atoms with Crippen LogP contribution in [0.25, 0.3) is 10.2 Å². The Morgan fingerprint density at radius 2 is 2.18 bits per heavy atom. The van der Waals surface area contributed by atoms with Gasteiger partial charge in [-0.2, -0.15) is 4.98 Å². The maximum Gasteiger partial charge on any atom is 0.225 e. The Labute approximate surface area is 105 Å². The zero-order valence-electron chi connectivity index (χ0n) is 10.4. The van der Waals surface area contributed by atoms with Gasteiger partial charge in [0.2, 0.25) is 5.95 Å². The van der Waals surface area contributed by atoms with Gasteiger partial charge < -0.3 is 10.6 Å². The lowest BCUT2D eigenvalue weighted by Crippen LogP contribution is -2.08. The Balaban J connectivity index is 2.21. The molecule has 0 aliphatic carbocycles. The second-order valence-corrected chi connectivity index (χ2v) is 5.31. The number of fused-ring (bicyclic) bond motifs is 1. The molecular weight excluding hydrogens is 232 g/mol. The maximum absolute atomic E-state index is 4.47. The molecule has 0 spiro atoms. The molecule has 92 valence electrons. The zero-order valence-corrected chi connectivity index (χ0v) is 11.3. The van der Waals surface area contributed by atoms with Crippen molar-refractivity contribution in [1.82, 2.24) is 9.97 Å². The van der Waals surface area contributed by atoms with E-state index in [0.29, 0.717) is 11.9 Å². The number of nitrogens with zero attached hydrogens (tertiary/aromatic N) is 2. The van der Waals surface area contributed by atoms with E-state index in [0.717, 1.165) is 29.0 Å². The Hall–Kier alpha value is -1.36. The van der Waals surface area contributed by atoms with Gasteiger partial charge in [0.05, 0.1) is 10.2 Å². The van der Waals surface area contributed by atoms with Gasteiger partial charge in [-0.05, 0) is 23.8 Å². The van der Waals surface area contributed by atoms with Crippen molar-refractivity contribution in [2.24, 2.45) is 5.92 Å². The third-order valence-corrected chi connectivity index (χ3v) is 3.45. The molecule has 0 unspecified atom stereocenters. The van der Waals surface area contributed by atoms with Gasteiger partial charge in [0.1, 0.15) is 5.82 Å². The first-order valence-electron chi connectivity index (χ1n) is 5.87. The van der Waals surface area contributed by atoms with Gasteiger partial charge in [0, 0.05) is 13.6 Å². The first-order valence-corrected chi connectivity index (χ1v) is 6.75. The minimum atomic E-state index is 0.669. The summed E-state index contributed by atoms with van der Waals surface area (Å²) in [5, 5.41) is 8.44. The fourth-order valence-electron chi connectivity index (χ4n) is 1.57. The Kier molecular flexibility index (Phi) is 3.78. The van der Waals surface area contributed by atoms with Crippen molar-refractivity contribution in [3.8, 4) is 0 Å². The zero-order chi connectivity index (χ0) is 12.3. The molecule has 0 saturated carbocycles. The van der Waals surface area contributed by atoms with E-state index in [2.05, 4.69) is 34.4 Å². The predicted octanol–water partition coefficient (Wildman–Crippen LogP) is 3.19. The lowest BCUT2D eigenvalue weighted by Gasteiger charge is -2.09. The second kappa shape index (κ2) is 5.31. The Morgan fingerprint density at radius 3 is 2.88 bits per heavy atom. The van der Waals surface area contributed by atoms with Gasteiger partial charge >= 0.3 is 0 Å². The van der Waals surface area contributed by atoms with E-state index in [9.17, 15) is 0 Å². The largest absolute Gasteiger partial charge is 0.369 e. The average molecular weight is 250 g/mol. The van der Waals surface area contributed by atoms with Gasteiger partial charge in [-0.25, -0.2) is 4.98 Å². The molecule has 0 bridgehead atoms. The normalized spacial score (nSPS) is 11.1. The number of nitrogens with one attached hydrogen (secondary N) is 2. The summed E-state index contributed by atoms with van der Waals surface area (Å²) in [7, 11) is 1.84. The molecule has 5 heteroatoms. The van der Waals surface area contributed by atoms with Gasteiger partial charge in [0.25, 0.3) is 0 Å². The summed E-state index contributed by atoms with van der Waals surface area (Å²) in [5.74, 6) is 2.31. The molecule has 17 heavy (non-hydrogen) atoms. The molecular formula is C12H18N4S. The summed E-state index contributed by atoms with van der Waals surface area (Å²) in [4.78, 5) is 8.87. The Morgan fingerprint density at radius 1 is 1.35 bits per heavy atom. The van der Waals surface area contributed by atoms with Crippen LogP contribution in [0.1, 0.15) is 20.3 Å². The minimum absolute atomic E-state index is 0.669. The highest BCUT2D eigenvalue weighted by atomic mass is 32.1. The van der Waals surface area contributed by atoms with Gasteiger partial charge in [-0.3, -0.25) is 0 Å². The van der Waals surface area contributed by atoms with Crippen LogP contribution in [0, 0.1) is 5.92 Å². The van der Waals surface area contributed by atoms with E-state index < -0.39 is 0 Å². The molecule has 0 radical (unpaired) electrons. The summed E-state index contributed by atoms with van der Waals surface area (Å²) in [6, 6.07) is 2.02. The van der Waals surface area contributed by atoms with Crippen molar-refractivity contribution in [2.75, 3.05) is 24.2 Å². The number of hydrogen-bond donors (Lipinski definition) is 2. The predicted molar refractivity (Wildman–Crippen MR) is 74.9 cm³/mol. The molecule has 2 N–H and O–H groups in total. The first-order chi connectivity index (χ1) is 8.20.